The lowest BCUT2D eigenvalue weighted by molar-refractivity contribution is 0.995. The van der Waals surface area contributed by atoms with Gasteiger partial charge in [-0.3, -0.25) is 0 Å². The molecule has 0 aliphatic carbocycles. The van der Waals surface area contributed by atoms with Crippen LogP contribution >= 0.6 is 22.4 Å². The first-order valence-corrected chi connectivity index (χ1v) is 17.8. The van der Waals surface area contributed by atoms with Gasteiger partial charge in [0.15, 0.2) is 10.9 Å². The fourth-order valence-electron chi connectivity index (χ4n) is 4.34. The first-order valence-electron chi connectivity index (χ1n) is 11.3. The maximum atomic E-state index is 5.06. The van der Waals surface area contributed by atoms with Crippen molar-refractivity contribution in [1.82, 2.24) is 9.97 Å². The van der Waals surface area contributed by atoms with Gasteiger partial charge in [0.2, 0.25) is 0 Å². The van der Waals surface area contributed by atoms with Crippen LogP contribution in [0.3, 0.4) is 0 Å². The summed E-state index contributed by atoms with van der Waals surface area (Å²) in [6.07, 6.45) is 4.02. The fourth-order valence-corrected chi connectivity index (χ4v) is 14.2. The largest absolute Gasteiger partial charge is 0.222 e. The van der Waals surface area contributed by atoms with Crippen LogP contribution in [0.15, 0.2) is 36.7 Å². The summed E-state index contributed by atoms with van der Waals surface area (Å²) in [6, 6.07) is 8.98. The van der Waals surface area contributed by atoms with Crippen LogP contribution in [0.2, 0.25) is 0 Å². The van der Waals surface area contributed by atoms with Crippen LogP contribution < -0.4 is 21.5 Å². The van der Waals surface area contributed by atoms with Crippen LogP contribution in [-0.2, 0) is 0 Å². The van der Waals surface area contributed by atoms with Crippen molar-refractivity contribution in [2.75, 3.05) is 20.0 Å². The highest BCUT2D eigenvalue weighted by Crippen LogP contribution is 2.63. The third kappa shape index (κ3) is 4.53. The highest BCUT2D eigenvalue weighted by atomic mass is 31.2. The molecule has 0 aliphatic rings. The third-order valence-corrected chi connectivity index (χ3v) is 21.1. The van der Waals surface area contributed by atoms with E-state index in [9.17, 15) is 0 Å². The smallest absolute Gasteiger partial charge is 0.190 e. The third-order valence-electron chi connectivity index (χ3n) is 7.46. The van der Waals surface area contributed by atoms with Crippen LogP contribution in [0, 0.1) is 0 Å². The second-order valence-corrected chi connectivity index (χ2v) is 21.6. The Hall–Kier alpha value is -0.410. The van der Waals surface area contributed by atoms with Crippen molar-refractivity contribution in [1.29, 1.82) is 0 Å². The summed E-state index contributed by atoms with van der Waals surface area (Å²) < 4.78 is 0. The Kier molecular flexibility index (Phi) is 8.64. The molecule has 0 spiro atoms. The van der Waals surface area contributed by atoms with Gasteiger partial charge in [-0.05, 0) is 94.2 Å². The molecule has 166 valence electrons. The lowest BCUT2D eigenvalue weighted by atomic mass is 10.5. The van der Waals surface area contributed by atoms with Gasteiger partial charge in [-0.1, -0.05) is 0 Å². The van der Waals surface area contributed by atoms with Crippen LogP contribution in [-0.4, -0.2) is 52.6 Å². The number of rotatable bonds is 8. The van der Waals surface area contributed by atoms with E-state index in [1.54, 1.807) is 0 Å². The molecule has 0 aliphatic heterocycles. The summed E-state index contributed by atoms with van der Waals surface area (Å²) in [5, 5.41) is 2.94. The quantitative estimate of drug-likeness (QED) is 0.467. The zero-order valence-electron chi connectivity index (χ0n) is 21.0. The lowest BCUT2D eigenvalue weighted by Crippen LogP contribution is -2.41. The molecule has 0 fully saturated rings. The van der Waals surface area contributed by atoms with E-state index in [2.05, 4.69) is 99.6 Å². The van der Waals surface area contributed by atoms with Crippen molar-refractivity contribution >= 4 is 43.9 Å². The van der Waals surface area contributed by atoms with E-state index in [1.807, 2.05) is 12.4 Å². The van der Waals surface area contributed by atoms with Gasteiger partial charge in [0, 0.05) is 23.0 Å². The molecule has 0 bridgehead atoms. The average molecular weight is 465 g/mol. The summed E-state index contributed by atoms with van der Waals surface area (Å²) in [7, 11) is -3.26. The number of pyridine rings is 2. The molecule has 2 heterocycles. The number of nitrogens with zero attached hydrogens (tertiary/aromatic N) is 2. The minimum Gasteiger partial charge on any atom is -0.222 e. The second-order valence-electron chi connectivity index (χ2n) is 9.92. The Labute approximate surface area is 188 Å². The molecule has 2 nitrogen and oxygen atoms in total. The van der Waals surface area contributed by atoms with Crippen LogP contribution in [0.4, 0.5) is 0 Å². The van der Waals surface area contributed by atoms with Crippen molar-refractivity contribution in [2.24, 2.45) is 0 Å². The summed E-state index contributed by atoms with van der Waals surface area (Å²) in [5.41, 5.74) is 5.32. The number of aromatic nitrogens is 2. The molecular weight excluding hydrogens is 421 g/mol. The molecule has 0 saturated heterocycles. The molecule has 0 atom stereocenters. The monoisotopic (exact) mass is 464 g/mol. The van der Waals surface area contributed by atoms with E-state index in [-0.39, 0.29) is 0 Å². The molecule has 2 aromatic rings. The molecule has 0 saturated carbocycles. The predicted molar refractivity (Wildman–Crippen MR) is 146 cm³/mol. The molecule has 5 heteroatoms. The van der Waals surface area contributed by atoms with E-state index >= 15 is 0 Å². The van der Waals surface area contributed by atoms with E-state index < -0.39 is 22.4 Å². The Balaban J connectivity index is 2.73. The molecule has 2 rings (SSSR count). The Morgan fingerprint density at radius 1 is 0.633 bits per heavy atom. The van der Waals surface area contributed by atoms with Crippen molar-refractivity contribution in [2.45, 2.75) is 78.0 Å². The fraction of sp³-hybridized carbons (Fsp3) is 0.600. The molecule has 30 heavy (non-hydrogen) atoms. The predicted octanol–water partition coefficient (Wildman–Crippen LogP) is 5.72. The van der Waals surface area contributed by atoms with Gasteiger partial charge in [0.1, 0.15) is 0 Å². The van der Waals surface area contributed by atoms with Gasteiger partial charge in [-0.2, -0.15) is 0 Å². The van der Waals surface area contributed by atoms with Gasteiger partial charge >= 0.3 is 0 Å². The summed E-state index contributed by atoms with van der Waals surface area (Å²) in [6.45, 7) is 26.6. The average Bonchev–Trinajstić information content (AvgIpc) is 2.71. The van der Waals surface area contributed by atoms with Crippen molar-refractivity contribution in [3.05, 3.63) is 36.7 Å². The lowest BCUT2D eigenvalue weighted by Gasteiger charge is -2.34. The Morgan fingerprint density at radius 3 is 1.20 bits per heavy atom. The molecule has 0 amide bonds. The van der Waals surface area contributed by atoms with Gasteiger partial charge in [0.25, 0.3) is 0 Å². The maximum absolute atomic E-state index is 5.06. The first-order chi connectivity index (χ1) is 13.9. The molecule has 0 N–H and O–H groups in total. The molecule has 0 unspecified atom stereocenters. The zero-order valence-corrected chi connectivity index (χ0v) is 23.7. The van der Waals surface area contributed by atoms with Crippen molar-refractivity contribution in [3.63, 3.8) is 0 Å². The summed E-state index contributed by atoms with van der Waals surface area (Å²) >= 11 is 0. The standard InChI is InChI=1S/C25H43N2P3/c1-18(2)29(10,19(3)4)24-22(14-12-16-26-24)28(9)23-15-13-17-27-25(23)30(11,20(5)6)21(7)8/h12-21H,1-11H3/q+2. The van der Waals surface area contributed by atoms with Gasteiger partial charge in [-0.15, -0.1) is 0 Å². The number of hydrogen-bond acceptors (Lipinski definition) is 2. The van der Waals surface area contributed by atoms with Gasteiger partial charge in [0.05, 0.1) is 50.5 Å². The van der Waals surface area contributed by atoms with E-state index in [4.69, 9.17) is 9.97 Å². The minimum atomic E-state index is -1.38. The van der Waals surface area contributed by atoms with Crippen molar-refractivity contribution < 1.29 is 0 Å². The molecule has 0 radical (unpaired) electrons. The topological polar surface area (TPSA) is 25.8 Å². The van der Waals surface area contributed by atoms with Gasteiger partial charge in [-0.25, -0.2) is 9.97 Å². The Bertz CT molecular complexity index is 760. The molecular formula is C25H43N2P3+2. The number of hydrogen-bond donors (Lipinski definition) is 0. The first kappa shape index (κ1) is 25.8. The van der Waals surface area contributed by atoms with Crippen LogP contribution in [0.25, 0.3) is 0 Å². The highest BCUT2D eigenvalue weighted by molar-refractivity contribution is 7.87. The van der Waals surface area contributed by atoms with E-state index in [1.165, 1.54) is 21.5 Å². The maximum Gasteiger partial charge on any atom is 0.190 e. The van der Waals surface area contributed by atoms with Crippen LogP contribution in [0.5, 0.6) is 0 Å². The van der Waals surface area contributed by atoms with Crippen LogP contribution in [0.1, 0.15) is 55.4 Å². The highest BCUT2D eigenvalue weighted by Gasteiger charge is 2.48. The zero-order chi connectivity index (χ0) is 22.9. The molecule has 0 aromatic carbocycles. The Morgan fingerprint density at radius 2 is 0.933 bits per heavy atom. The second kappa shape index (κ2) is 10.0. The van der Waals surface area contributed by atoms with Gasteiger partial charge < -0.3 is 0 Å². The normalized spacial score (nSPS) is 13.3. The van der Waals surface area contributed by atoms with E-state index in [0.29, 0.717) is 22.6 Å². The summed E-state index contributed by atoms with van der Waals surface area (Å²) in [5.74, 6) is 0. The molecule has 2 aromatic heterocycles. The SMILES string of the molecule is CC(C)[P+](C)(c1ncccc1P(C)c1cccnc1[P+](C)(C(C)C)C(C)C)C(C)C. The summed E-state index contributed by atoms with van der Waals surface area (Å²) in [4.78, 5) is 10.1. The minimum absolute atomic E-state index is 0.509. The van der Waals surface area contributed by atoms with Crippen molar-refractivity contribution in [3.8, 4) is 0 Å². The van der Waals surface area contributed by atoms with E-state index in [0.717, 1.165) is 0 Å².